The van der Waals surface area contributed by atoms with E-state index in [-0.39, 0.29) is 23.4 Å². The highest BCUT2D eigenvalue weighted by molar-refractivity contribution is 5.78. The number of benzene rings is 1. The summed E-state index contributed by atoms with van der Waals surface area (Å²) in [6.07, 6.45) is 6.50. The van der Waals surface area contributed by atoms with Crippen LogP contribution in [0.15, 0.2) is 18.2 Å². The van der Waals surface area contributed by atoms with Gasteiger partial charge in [0.15, 0.2) is 6.61 Å². The molecule has 2 atom stereocenters. The summed E-state index contributed by atoms with van der Waals surface area (Å²) in [5.74, 6) is 1.14. The fourth-order valence-corrected chi connectivity index (χ4v) is 6.16. The quantitative estimate of drug-likeness (QED) is 0.783. The van der Waals surface area contributed by atoms with Crippen molar-refractivity contribution in [1.82, 2.24) is 0 Å². The summed E-state index contributed by atoms with van der Waals surface area (Å²) in [7, 11) is 0. The van der Waals surface area contributed by atoms with Crippen LogP contribution in [0.4, 0.5) is 0 Å². The first-order valence-electron chi connectivity index (χ1n) is 9.08. The van der Waals surface area contributed by atoms with Gasteiger partial charge in [-0.2, -0.15) is 5.26 Å². The molecule has 2 unspecified atom stereocenters. The SMILES string of the molecule is Cc1ccc(C23CC4CC(CC(C(=O)OCC#N)(C4)C2)C3)cc1C. The van der Waals surface area contributed by atoms with Crippen molar-refractivity contribution in [3.8, 4) is 6.07 Å². The molecule has 3 nitrogen and oxygen atoms in total. The van der Waals surface area contributed by atoms with Crippen LogP contribution >= 0.6 is 0 Å². The maximum absolute atomic E-state index is 12.8. The summed E-state index contributed by atoms with van der Waals surface area (Å²) in [6.45, 7) is 4.21. The summed E-state index contributed by atoms with van der Waals surface area (Å²) in [6, 6.07) is 8.79. The molecule has 1 aromatic carbocycles. The van der Waals surface area contributed by atoms with Crippen LogP contribution in [-0.4, -0.2) is 12.6 Å². The molecule has 0 N–H and O–H groups in total. The Morgan fingerprint density at radius 1 is 1.21 bits per heavy atom. The fourth-order valence-electron chi connectivity index (χ4n) is 6.16. The van der Waals surface area contributed by atoms with E-state index in [0.717, 1.165) is 19.3 Å². The molecule has 4 bridgehead atoms. The first-order chi connectivity index (χ1) is 11.5. The Kier molecular flexibility index (Phi) is 3.49. The Labute approximate surface area is 144 Å². The highest BCUT2D eigenvalue weighted by Gasteiger charge is 2.61. The molecular formula is C21H25NO2. The van der Waals surface area contributed by atoms with Gasteiger partial charge in [-0.15, -0.1) is 0 Å². The summed E-state index contributed by atoms with van der Waals surface area (Å²) >= 11 is 0. The zero-order chi connectivity index (χ0) is 16.9. The topological polar surface area (TPSA) is 50.1 Å². The van der Waals surface area contributed by atoms with Crippen LogP contribution in [0.2, 0.25) is 0 Å². The number of aryl methyl sites for hydroxylation is 2. The fraction of sp³-hybridized carbons (Fsp3) is 0.619. The van der Waals surface area contributed by atoms with E-state index >= 15 is 0 Å². The lowest BCUT2D eigenvalue weighted by atomic mass is 9.43. The number of ether oxygens (including phenoxy) is 1. The van der Waals surface area contributed by atoms with E-state index in [1.54, 1.807) is 0 Å². The van der Waals surface area contributed by atoms with Gasteiger partial charge >= 0.3 is 5.97 Å². The van der Waals surface area contributed by atoms with Crippen molar-refractivity contribution in [3.05, 3.63) is 34.9 Å². The van der Waals surface area contributed by atoms with Gasteiger partial charge < -0.3 is 4.74 Å². The molecule has 0 spiro atoms. The third-order valence-corrected chi connectivity index (χ3v) is 6.88. The van der Waals surface area contributed by atoms with E-state index < -0.39 is 0 Å². The zero-order valence-corrected chi connectivity index (χ0v) is 14.6. The van der Waals surface area contributed by atoms with Gasteiger partial charge in [-0.1, -0.05) is 18.2 Å². The highest BCUT2D eigenvalue weighted by Crippen LogP contribution is 2.66. The second-order valence-electron chi connectivity index (χ2n) is 8.55. The molecule has 0 aromatic heterocycles. The maximum atomic E-state index is 12.8. The predicted octanol–water partition coefficient (Wildman–Crippen LogP) is 4.21. The molecule has 4 aliphatic rings. The maximum Gasteiger partial charge on any atom is 0.313 e. The van der Waals surface area contributed by atoms with Crippen LogP contribution in [0.25, 0.3) is 0 Å². The predicted molar refractivity (Wildman–Crippen MR) is 91.3 cm³/mol. The normalized spacial score (nSPS) is 36.4. The number of carbonyl (C=O) groups is 1. The largest absolute Gasteiger partial charge is 0.450 e. The van der Waals surface area contributed by atoms with Gasteiger partial charge in [0.2, 0.25) is 0 Å². The molecule has 24 heavy (non-hydrogen) atoms. The molecule has 3 heteroatoms. The van der Waals surface area contributed by atoms with Crippen molar-refractivity contribution >= 4 is 5.97 Å². The van der Waals surface area contributed by atoms with E-state index in [1.165, 1.54) is 36.0 Å². The summed E-state index contributed by atoms with van der Waals surface area (Å²) in [5.41, 5.74) is 3.86. The van der Waals surface area contributed by atoms with Gasteiger partial charge in [-0.05, 0) is 86.3 Å². The number of hydrogen-bond acceptors (Lipinski definition) is 3. The number of nitriles is 1. The Bertz CT molecular complexity index is 716. The van der Waals surface area contributed by atoms with Gasteiger partial charge in [0, 0.05) is 0 Å². The lowest BCUT2D eigenvalue weighted by Gasteiger charge is -2.61. The second-order valence-corrected chi connectivity index (χ2v) is 8.55. The van der Waals surface area contributed by atoms with Crippen molar-refractivity contribution in [1.29, 1.82) is 5.26 Å². The highest BCUT2D eigenvalue weighted by atomic mass is 16.5. The van der Waals surface area contributed by atoms with Crippen LogP contribution in [0.5, 0.6) is 0 Å². The molecular weight excluding hydrogens is 298 g/mol. The number of rotatable bonds is 3. The third-order valence-electron chi connectivity index (χ3n) is 6.88. The molecule has 4 aliphatic carbocycles. The van der Waals surface area contributed by atoms with Crippen LogP contribution in [0.3, 0.4) is 0 Å². The number of nitrogens with zero attached hydrogens (tertiary/aromatic N) is 1. The molecule has 0 aliphatic heterocycles. The molecule has 4 saturated carbocycles. The molecule has 0 heterocycles. The van der Waals surface area contributed by atoms with E-state index in [9.17, 15) is 4.79 Å². The third kappa shape index (κ3) is 2.27. The van der Waals surface area contributed by atoms with E-state index in [1.807, 2.05) is 6.07 Å². The average molecular weight is 323 g/mol. The van der Waals surface area contributed by atoms with Gasteiger partial charge in [-0.25, -0.2) is 0 Å². The smallest absolute Gasteiger partial charge is 0.313 e. The van der Waals surface area contributed by atoms with Gasteiger partial charge in [0.1, 0.15) is 6.07 Å². The summed E-state index contributed by atoms with van der Waals surface area (Å²) in [5, 5.41) is 8.75. The van der Waals surface area contributed by atoms with Crippen molar-refractivity contribution < 1.29 is 9.53 Å². The van der Waals surface area contributed by atoms with E-state index in [0.29, 0.717) is 11.8 Å². The minimum Gasteiger partial charge on any atom is -0.450 e. The minimum atomic E-state index is -0.347. The minimum absolute atomic E-state index is 0.118. The number of carbonyl (C=O) groups excluding carboxylic acids is 1. The van der Waals surface area contributed by atoms with Crippen molar-refractivity contribution in [2.45, 2.75) is 57.8 Å². The average Bonchev–Trinajstić information content (AvgIpc) is 2.53. The van der Waals surface area contributed by atoms with Crippen LogP contribution in [0, 0.1) is 42.4 Å². The van der Waals surface area contributed by atoms with Crippen LogP contribution in [-0.2, 0) is 14.9 Å². The zero-order valence-electron chi connectivity index (χ0n) is 14.6. The van der Waals surface area contributed by atoms with Gasteiger partial charge in [0.05, 0.1) is 5.41 Å². The second kappa shape index (κ2) is 5.34. The van der Waals surface area contributed by atoms with Crippen LogP contribution < -0.4 is 0 Å². The lowest BCUT2D eigenvalue weighted by Crippen LogP contribution is -2.57. The summed E-state index contributed by atoms with van der Waals surface area (Å²) < 4.78 is 5.30. The van der Waals surface area contributed by atoms with E-state index in [2.05, 4.69) is 32.0 Å². The first kappa shape index (κ1) is 15.7. The molecule has 0 saturated heterocycles. The summed E-state index contributed by atoms with van der Waals surface area (Å²) in [4.78, 5) is 12.8. The van der Waals surface area contributed by atoms with Gasteiger partial charge in [-0.3, -0.25) is 4.79 Å². The lowest BCUT2D eigenvalue weighted by molar-refractivity contribution is -0.172. The molecule has 5 rings (SSSR count). The van der Waals surface area contributed by atoms with E-state index in [4.69, 9.17) is 10.00 Å². The van der Waals surface area contributed by atoms with Crippen molar-refractivity contribution in [3.63, 3.8) is 0 Å². The molecule has 126 valence electrons. The number of esters is 1. The van der Waals surface area contributed by atoms with Crippen molar-refractivity contribution in [2.75, 3.05) is 6.61 Å². The number of hydrogen-bond donors (Lipinski definition) is 0. The molecule has 1 aromatic rings. The Morgan fingerprint density at radius 2 is 1.92 bits per heavy atom. The van der Waals surface area contributed by atoms with Crippen molar-refractivity contribution in [2.24, 2.45) is 17.3 Å². The first-order valence-corrected chi connectivity index (χ1v) is 9.08. The standard InChI is InChI=1S/C21H25NO2/c1-14-3-4-18(7-15(14)2)20-9-16-8-17(10-20)12-21(11-16,13-20)19(23)24-6-5-22/h3-4,7,16-17H,6,8-13H2,1-2H3. The van der Waals surface area contributed by atoms with Crippen LogP contribution in [0.1, 0.15) is 55.2 Å². The molecule has 0 amide bonds. The molecule has 4 fully saturated rings. The Hall–Kier alpha value is -1.82. The van der Waals surface area contributed by atoms with Gasteiger partial charge in [0.25, 0.3) is 0 Å². The monoisotopic (exact) mass is 323 g/mol. The Morgan fingerprint density at radius 3 is 2.54 bits per heavy atom. The molecule has 0 radical (unpaired) electrons. The Balaban J connectivity index is 1.71.